The Kier molecular flexibility index (Phi) is 5.52. The van der Waals surface area contributed by atoms with Crippen molar-refractivity contribution in [2.24, 2.45) is 5.92 Å². The molecule has 106 valence electrons. The Morgan fingerprint density at radius 2 is 2.16 bits per heavy atom. The number of hydrogen-bond donors (Lipinski definition) is 2. The highest BCUT2D eigenvalue weighted by molar-refractivity contribution is 6.35. The van der Waals surface area contributed by atoms with Crippen molar-refractivity contribution in [2.45, 2.75) is 44.8 Å². The van der Waals surface area contributed by atoms with E-state index in [1.165, 1.54) is 6.42 Å². The van der Waals surface area contributed by atoms with Crippen molar-refractivity contribution in [1.29, 1.82) is 0 Å². The molecule has 0 aromatic heterocycles. The van der Waals surface area contributed by atoms with E-state index >= 15 is 0 Å². The van der Waals surface area contributed by atoms with Gasteiger partial charge in [0.25, 0.3) is 0 Å². The Morgan fingerprint density at radius 1 is 1.37 bits per heavy atom. The molecule has 0 saturated heterocycles. The molecule has 3 unspecified atom stereocenters. The van der Waals surface area contributed by atoms with Crippen molar-refractivity contribution in [3.63, 3.8) is 0 Å². The highest BCUT2D eigenvalue weighted by atomic mass is 35.5. The van der Waals surface area contributed by atoms with Crippen LogP contribution < -0.4 is 5.32 Å². The second-order valence-electron chi connectivity index (χ2n) is 5.48. The van der Waals surface area contributed by atoms with Crippen molar-refractivity contribution in [2.75, 3.05) is 6.54 Å². The zero-order valence-corrected chi connectivity index (χ0v) is 12.7. The van der Waals surface area contributed by atoms with E-state index in [1.54, 1.807) is 6.07 Å². The summed E-state index contributed by atoms with van der Waals surface area (Å²) in [6.45, 7) is 3.03. The summed E-state index contributed by atoms with van der Waals surface area (Å²) in [6.07, 6.45) is 4.08. The molecule has 0 amide bonds. The highest BCUT2D eigenvalue weighted by Crippen LogP contribution is 2.28. The topological polar surface area (TPSA) is 32.3 Å². The molecule has 1 saturated carbocycles. The van der Waals surface area contributed by atoms with E-state index in [9.17, 15) is 5.11 Å². The van der Waals surface area contributed by atoms with Gasteiger partial charge in [0, 0.05) is 16.1 Å². The lowest BCUT2D eigenvalue weighted by Gasteiger charge is -2.27. The SMILES string of the molecule is CC(NCC1CCCC(O)C1)c1ccc(Cl)cc1Cl. The Morgan fingerprint density at radius 3 is 2.84 bits per heavy atom. The molecule has 2 nitrogen and oxygen atoms in total. The van der Waals surface area contributed by atoms with E-state index in [0.29, 0.717) is 16.0 Å². The molecule has 0 aliphatic heterocycles. The van der Waals surface area contributed by atoms with E-state index in [2.05, 4.69) is 12.2 Å². The predicted molar refractivity (Wildman–Crippen MR) is 80.8 cm³/mol. The molecule has 1 aliphatic carbocycles. The van der Waals surface area contributed by atoms with E-state index in [-0.39, 0.29) is 12.1 Å². The first-order valence-electron chi connectivity index (χ1n) is 6.92. The maximum absolute atomic E-state index is 9.67. The molecular weight excluding hydrogens is 281 g/mol. The minimum atomic E-state index is -0.116. The molecule has 0 radical (unpaired) electrons. The van der Waals surface area contributed by atoms with Gasteiger partial charge in [-0.1, -0.05) is 35.7 Å². The highest BCUT2D eigenvalue weighted by Gasteiger charge is 2.20. The first-order valence-corrected chi connectivity index (χ1v) is 7.68. The van der Waals surface area contributed by atoms with Gasteiger partial charge in [-0.2, -0.15) is 0 Å². The van der Waals surface area contributed by atoms with Gasteiger partial charge < -0.3 is 10.4 Å². The van der Waals surface area contributed by atoms with E-state index in [0.717, 1.165) is 31.4 Å². The van der Waals surface area contributed by atoms with Crippen LogP contribution in [0.15, 0.2) is 18.2 Å². The second-order valence-corrected chi connectivity index (χ2v) is 6.33. The number of nitrogens with one attached hydrogen (secondary N) is 1. The Hall–Kier alpha value is -0.280. The first-order chi connectivity index (χ1) is 9.06. The van der Waals surface area contributed by atoms with Gasteiger partial charge in [0.15, 0.2) is 0 Å². The summed E-state index contributed by atoms with van der Waals surface area (Å²) in [5.74, 6) is 0.567. The van der Waals surface area contributed by atoms with Crippen LogP contribution >= 0.6 is 23.2 Å². The van der Waals surface area contributed by atoms with Gasteiger partial charge in [-0.05, 0) is 56.3 Å². The van der Waals surface area contributed by atoms with E-state index < -0.39 is 0 Å². The molecule has 1 fully saturated rings. The molecule has 1 aliphatic rings. The van der Waals surface area contributed by atoms with Gasteiger partial charge in [-0.3, -0.25) is 0 Å². The minimum absolute atomic E-state index is 0.116. The average molecular weight is 302 g/mol. The maximum atomic E-state index is 9.67. The van der Waals surface area contributed by atoms with Crippen LogP contribution in [0.2, 0.25) is 10.0 Å². The smallest absolute Gasteiger partial charge is 0.0543 e. The third kappa shape index (κ3) is 4.35. The third-order valence-electron chi connectivity index (χ3n) is 3.90. The Balaban J connectivity index is 1.88. The Labute approximate surface area is 125 Å². The van der Waals surface area contributed by atoms with Crippen molar-refractivity contribution in [1.82, 2.24) is 5.32 Å². The lowest BCUT2D eigenvalue weighted by atomic mass is 9.87. The molecule has 1 aromatic carbocycles. The van der Waals surface area contributed by atoms with Crippen LogP contribution in [0.5, 0.6) is 0 Å². The van der Waals surface area contributed by atoms with Crippen LogP contribution in [-0.2, 0) is 0 Å². The largest absolute Gasteiger partial charge is 0.393 e. The predicted octanol–water partition coefficient (Wildman–Crippen LogP) is 4.20. The number of rotatable bonds is 4. The minimum Gasteiger partial charge on any atom is -0.393 e. The number of hydrogen-bond acceptors (Lipinski definition) is 2. The maximum Gasteiger partial charge on any atom is 0.0543 e. The van der Waals surface area contributed by atoms with Crippen LogP contribution in [0.25, 0.3) is 0 Å². The Bertz CT molecular complexity index is 425. The summed E-state index contributed by atoms with van der Waals surface area (Å²) in [5, 5.41) is 14.6. The molecule has 2 N–H and O–H groups in total. The summed E-state index contributed by atoms with van der Waals surface area (Å²) in [5.41, 5.74) is 1.07. The normalized spacial score (nSPS) is 25.3. The fraction of sp³-hybridized carbons (Fsp3) is 0.600. The van der Waals surface area contributed by atoms with Crippen LogP contribution in [0, 0.1) is 5.92 Å². The first kappa shape index (κ1) is 15.1. The zero-order chi connectivity index (χ0) is 13.8. The standard InChI is InChI=1S/C15H21Cl2NO/c1-10(14-6-5-12(16)8-15(14)17)18-9-11-3-2-4-13(19)7-11/h5-6,8,10-11,13,18-19H,2-4,7,9H2,1H3. The van der Waals surface area contributed by atoms with Gasteiger partial charge in [0.05, 0.1) is 6.10 Å². The van der Waals surface area contributed by atoms with Crippen LogP contribution in [0.1, 0.15) is 44.2 Å². The van der Waals surface area contributed by atoms with Crippen LogP contribution in [-0.4, -0.2) is 17.8 Å². The summed E-state index contributed by atoms with van der Waals surface area (Å²) >= 11 is 12.1. The molecule has 0 heterocycles. The second kappa shape index (κ2) is 6.94. The van der Waals surface area contributed by atoms with Crippen LogP contribution in [0.3, 0.4) is 0 Å². The summed E-state index contributed by atoms with van der Waals surface area (Å²) in [7, 11) is 0. The molecule has 2 rings (SSSR count). The van der Waals surface area contributed by atoms with Crippen molar-refractivity contribution in [3.8, 4) is 0 Å². The number of aliphatic hydroxyl groups excluding tert-OH is 1. The molecule has 3 atom stereocenters. The molecule has 1 aromatic rings. The van der Waals surface area contributed by atoms with E-state index in [1.807, 2.05) is 12.1 Å². The quantitative estimate of drug-likeness (QED) is 0.874. The van der Waals surface area contributed by atoms with Gasteiger partial charge in [-0.15, -0.1) is 0 Å². The van der Waals surface area contributed by atoms with Gasteiger partial charge in [0.1, 0.15) is 0 Å². The fourth-order valence-electron chi connectivity index (χ4n) is 2.75. The summed E-state index contributed by atoms with van der Waals surface area (Å²) < 4.78 is 0. The molecule has 0 spiro atoms. The van der Waals surface area contributed by atoms with Gasteiger partial charge in [-0.25, -0.2) is 0 Å². The monoisotopic (exact) mass is 301 g/mol. The van der Waals surface area contributed by atoms with Crippen molar-refractivity contribution >= 4 is 23.2 Å². The number of benzene rings is 1. The summed E-state index contributed by atoms with van der Waals surface area (Å²) in [6, 6.07) is 5.81. The van der Waals surface area contributed by atoms with E-state index in [4.69, 9.17) is 23.2 Å². The van der Waals surface area contributed by atoms with Crippen molar-refractivity contribution in [3.05, 3.63) is 33.8 Å². The fourth-order valence-corrected chi connectivity index (χ4v) is 3.33. The number of halogens is 2. The third-order valence-corrected chi connectivity index (χ3v) is 4.46. The average Bonchev–Trinajstić information content (AvgIpc) is 2.36. The van der Waals surface area contributed by atoms with Crippen LogP contribution in [0.4, 0.5) is 0 Å². The molecule has 4 heteroatoms. The lowest BCUT2D eigenvalue weighted by molar-refractivity contribution is 0.0998. The molecular formula is C15H21Cl2NO. The molecule has 0 bridgehead atoms. The summed E-state index contributed by atoms with van der Waals surface area (Å²) in [4.78, 5) is 0. The van der Waals surface area contributed by atoms with Gasteiger partial charge >= 0.3 is 0 Å². The van der Waals surface area contributed by atoms with Crippen molar-refractivity contribution < 1.29 is 5.11 Å². The lowest BCUT2D eigenvalue weighted by Crippen LogP contribution is -2.30. The molecule has 19 heavy (non-hydrogen) atoms. The van der Waals surface area contributed by atoms with Gasteiger partial charge in [0.2, 0.25) is 0 Å². The number of aliphatic hydroxyl groups is 1. The zero-order valence-electron chi connectivity index (χ0n) is 11.2.